The summed E-state index contributed by atoms with van der Waals surface area (Å²) in [5.41, 5.74) is 16.1. The van der Waals surface area contributed by atoms with Gasteiger partial charge in [-0.3, -0.25) is 4.79 Å². The van der Waals surface area contributed by atoms with E-state index in [2.05, 4.69) is 0 Å². The molecule has 0 saturated heterocycles. The molecule has 0 amide bonds. The Labute approximate surface area is 161 Å². The number of methoxy groups -OCH3 is 1. The number of benzene rings is 3. The summed E-state index contributed by atoms with van der Waals surface area (Å²) in [7, 11) is 1.58. The first-order valence-corrected chi connectivity index (χ1v) is 9.25. The van der Waals surface area contributed by atoms with E-state index in [4.69, 9.17) is 16.2 Å². The Morgan fingerprint density at radius 2 is 1.70 bits per heavy atom. The van der Waals surface area contributed by atoms with Gasteiger partial charge in [-0.1, -0.05) is 36.4 Å². The second-order valence-electron chi connectivity index (χ2n) is 6.24. The van der Waals surface area contributed by atoms with Gasteiger partial charge in [0, 0.05) is 21.3 Å². The third-order valence-electron chi connectivity index (χ3n) is 4.49. The van der Waals surface area contributed by atoms with Gasteiger partial charge in [-0.05, 0) is 41.5 Å². The quantitative estimate of drug-likeness (QED) is 0.390. The third-order valence-corrected chi connectivity index (χ3v) is 5.65. The fourth-order valence-corrected chi connectivity index (χ4v) is 4.20. The lowest BCUT2D eigenvalue weighted by atomic mass is 10.0. The smallest absolute Gasteiger partial charge is 0.205 e. The molecule has 0 radical (unpaired) electrons. The lowest BCUT2D eigenvalue weighted by Gasteiger charge is -2.03. The van der Waals surface area contributed by atoms with Gasteiger partial charge < -0.3 is 16.2 Å². The van der Waals surface area contributed by atoms with Crippen LogP contribution >= 0.6 is 11.3 Å². The van der Waals surface area contributed by atoms with Gasteiger partial charge in [0.05, 0.1) is 17.7 Å². The standard InChI is InChI=1S/C22H18N2O2S/c1-26-17-7-3-5-15(11-17)21(25)22-20(24)18-9-8-14(12-19(18)27-22)13-4-2-6-16(23)10-13/h2-12H,23-24H2,1H3. The van der Waals surface area contributed by atoms with Crippen LogP contribution in [0.2, 0.25) is 0 Å². The molecule has 27 heavy (non-hydrogen) atoms. The van der Waals surface area contributed by atoms with Crippen LogP contribution in [0.5, 0.6) is 5.75 Å². The molecule has 0 aliphatic carbocycles. The van der Waals surface area contributed by atoms with Gasteiger partial charge in [-0.15, -0.1) is 11.3 Å². The maximum absolute atomic E-state index is 13.0. The zero-order valence-electron chi connectivity index (χ0n) is 14.7. The number of anilines is 2. The van der Waals surface area contributed by atoms with E-state index >= 15 is 0 Å². The topological polar surface area (TPSA) is 78.3 Å². The van der Waals surface area contributed by atoms with Crippen molar-refractivity contribution in [3.05, 3.63) is 77.2 Å². The van der Waals surface area contributed by atoms with Crippen LogP contribution in [0, 0.1) is 0 Å². The van der Waals surface area contributed by atoms with Crippen LogP contribution in [-0.4, -0.2) is 12.9 Å². The molecule has 0 saturated carbocycles. The minimum Gasteiger partial charge on any atom is -0.497 e. The van der Waals surface area contributed by atoms with Crippen molar-refractivity contribution in [3.8, 4) is 16.9 Å². The summed E-state index contributed by atoms with van der Waals surface area (Å²) in [5, 5.41) is 0.888. The molecule has 0 fully saturated rings. The Balaban J connectivity index is 1.78. The van der Waals surface area contributed by atoms with Gasteiger partial charge in [-0.25, -0.2) is 0 Å². The van der Waals surface area contributed by atoms with Crippen molar-refractivity contribution in [1.82, 2.24) is 0 Å². The highest BCUT2D eigenvalue weighted by molar-refractivity contribution is 7.21. The number of nitrogen functional groups attached to an aromatic ring is 2. The van der Waals surface area contributed by atoms with Crippen LogP contribution < -0.4 is 16.2 Å². The number of rotatable bonds is 4. The van der Waals surface area contributed by atoms with Gasteiger partial charge in [0.15, 0.2) is 0 Å². The average molecular weight is 374 g/mol. The summed E-state index contributed by atoms with van der Waals surface area (Å²) < 4.78 is 6.19. The molecule has 0 bridgehead atoms. The molecule has 0 aliphatic rings. The predicted molar refractivity (Wildman–Crippen MR) is 113 cm³/mol. The number of hydrogen-bond donors (Lipinski definition) is 2. The molecule has 1 aromatic heterocycles. The van der Waals surface area contributed by atoms with Gasteiger partial charge in [0.1, 0.15) is 5.75 Å². The first kappa shape index (κ1) is 17.1. The summed E-state index contributed by atoms with van der Waals surface area (Å²) in [6.45, 7) is 0. The Hall–Kier alpha value is -3.31. The lowest BCUT2D eigenvalue weighted by Crippen LogP contribution is -2.02. The Morgan fingerprint density at radius 3 is 2.48 bits per heavy atom. The summed E-state index contributed by atoms with van der Waals surface area (Å²) >= 11 is 1.41. The number of thiophene rings is 1. The molecule has 0 unspecified atom stereocenters. The predicted octanol–water partition coefficient (Wildman–Crippen LogP) is 4.97. The normalized spacial score (nSPS) is 10.9. The molecule has 4 N–H and O–H groups in total. The number of carbonyl (C=O) groups excluding carboxylic acids is 1. The van der Waals surface area contributed by atoms with Crippen molar-refractivity contribution in [3.63, 3.8) is 0 Å². The molecule has 4 rings (SSSR count). The average Bonchev–Trinajstić information content (AvgIpc) is 3.03. The van der Waals surface area contributed by atoms with Crippen molar-refractivity contribution in [2.45, 2.75) is 0 Å². The third kappa shape index (κ3) is 3.13. The molecule has 1 heterocycles. The minimum absolute atomic E-state index is 0.0990. The first-order chi connectivity index (χ1) is 13.1. The molecule has 4 aromatic rings. The second kappa shape index (κ2) is 6.78. The van der Waals surface area contributed by atoms with E-state index in [1.807, 2.05) is 48.5 Å². The Morgan fingerprint density at radius 1 is 0.926 bits per heavy atom. The minimum atomic E-state index is -0.0990. The highest BCUT2D eigenvalue weighted by Crippen LogP contribution is 2.38. The van der Waals surface area contributed by atoms with E-state index in [0.717, 1.165) is 21.2 Å². The van der Waals surface area contributed by atoms with E-state index < -0.39 is 0 Å². The SMILES string of the molecule is COc1cccc(C(=O)c2sc3cc(-c4cccc(N)c4)ccc3c2N)c1. The van der Waals surface area contributed by atoms with Crippen molar-refractivity contribution in [1.29, 1.82) is 0 Å². The van der Waals surface area contributed by atoms with Crippen LogP contribution in [-0.2, 0) is 0 Å². The fourth-order valence-electron chi connectivity index (χ4n) is 3.08. The molecule has 0 aliphatic heterocycles. The molecule has 0 atom stereocenters. The number of nitrogens with two attached hydrogens (primary N) is 2. The molecule has 3 aromatic carbocycles. The highest BCUT2D eigenvalue weighted by atomic mass is 32.1. The largest absolute Gasteiger partial charge is 0.497 e. The van der Waals surface area contributed by atoms with Gasteiger partial charge in [0.25, 0.3) is 0 Å². The van der Waals surface area contributed by atoms with Gasteiger partial charge in [0.2, 0.25) is 5.78 Å². The van der Waals surface area contributed by atoms with E-state index in [1.165, 1.54) is 11.3 Å². The van der Waals surface area contributed by atoms with E-state index in [-0.39, 0.29) is 5.78 Å². The zero-order chi connectivity index (χ0) is 19.0. The van der Waals surface area contributed by atoms with Crippen LogP contribution in [0.1, 0.15) is 15.2 Å². The maximum Gasteiger partial charge on any atom is 0.205 e. The lowest BCUT2D eigenvalue weighted by molar-refractivity contribution is 0.104. The summed E-state index contributed by atoms with van der Waals surface area (Å²) in [5.74, 6) is 0.544. The molecule has 4 nitrogen and oxygen atoms in total. The van der Waals surface area contributed by atoms with Crippen LogP contribution in [0.4, 0.5) is 11.4 Å². The van der Waals surface area contributed by atoms with Gasteiger partial charge >= 0.3 is 0 Å². The molecule has 5 heteroatoms. The van der Waals surface area contributed by atoms with E-state index in [0.29, 0.717) is 27.6 Å². The number of ketones is 1. The first-order valence-electron chi connectivity index (χ1n) is 8.43. The Kier molecular flexibility index (Phi) is 4.30. The Bertz CT molecular complexity index is 1160. The van der Waals surface area contributed by atoms with Crippen molar-refractivity contribution >= 4 is 38.6 Å². The number of carbonyl (C=O) groups is 1. The molecule has 0 spiro atoms. The zero-order valence-corrected chi connectivity index (χ0v) is 15.5. The number of ether oxygens (including phenoxy) is 1. The van der Waals surface area contributed by atoms with Crippen molar-refractivity contribution in [2.75, 3.05) is 18.6 Å². The highest BCUT2D eigenvalue weighted by Gasteiger charge is 2.19. The van der Waals surface area contributed by atoms with Crippen molar-refractivity contribution in [2.24, 2.45) is 0 Å². The number of hydrogen-bond acceptors (Lipinski definition) is 5. The monoisotopic (exact) mass is 374 g/mol. The summed E-state index contributed by atoms with van der Waals surface area (Å²) in [6.07, 6.45) is 0. The fraction of sp³-hybridized carbons (Fsp3) is 0.0455. The van der Waals surface area contributed by atoms with Crippen molar-refractivity contribution < 1.29 is 9.53 Å². The van der Waals surface area contributed by atoms with E-state index in [1.54, 1.807) is 25.3 Å². The molecule has 134 valence electrons. The van der Waals surface area contributed by atoms with Gasteiger partial charge in [-0.2, -0.15) is 0 Å². The number of fused-ring (bicyclic) bond motifs is 1. The maximum atomic E-state index is 13.0. The summed E-state index contributed by atoms with van der Waals surface area (Å²) in [6, 6.07) is 20.8. The molecular weight excluding hydrogens is 356 g/mol. The van der Waals surface area contributed by atoms with Crippen LogP contribution in [0.15, 0.2) is 66.7 Å². The van der Waals surface area contributed by atoms with Crippen LogP contribution in [0.3, 0.4) is 0 Å². The molecular formula is C22H18N2O2S. The second-order valence-corrected chi connectivity index (χ2v) is 7.29. The summed E-state index contributed by atoms with van der Waals surface area (Å²) in [4.78, 5) is 13.5. The van der Waals surface area contributed by atoms with E-state index in [9.17, 15) is 4.79 Å². The van der Waals surface area contributed by atoms with Crippen LogP contribution in [0.25, 0.3) is 21.2 Å².